The number of benzene rings is 2. The standard InChI is InChI=1S/C20H17Cl2FN2O4/c1-11(25-19(27)14-4-2-12(21)8-15(14)20(25)28)6-7-24-18(26)10-29-13-3-5-16(22)17(23)9-13/h2-5,8-9,20,28H,1,6-7,10H2,(H,24,26)/t20-/m1/s1. The summed E-state index contributed by atoms with van der Waals surface area (Å²) in [6, 6.07) is 8.52. The van der Waals surface area contributed by atoms with Gasteiger partial charge in [-0.3, -0.25) is 14.5 Å². The van der Waals surface area contributed by atoms with Crippen molar-refractivity contribution in [2.75, 3.05) is 13.2 Å². The first-order valence-electron chi connectivity index (χ1n) is 8.61. The van der Waals surface area contributed by atoms with Crippen molar-refractivity contribution in [3.05, 3.63) is 75.7 Å². The molecule has 6 nitrogen and oxygen atoms in total. The molecule has 9 heteroatoms. The van der Waals surface area contributed by atoms with Crippen LogP contribution in [0.1, 0.15) is 28.6 Å². The molecule has 0 spiro atoms. The first-order valence-corrected chi connectivity index (χ1v) is 9.37. The Hall–Kier alpha value is -2.61. The van der Waals surface area contributed by atoms with Gasteiger partial charge in [-0.25, -0.2) is 4.39 Å². The van der Waals surface area contributed by atoms with Crippen LogP contribution in [0.15, 0.2) is 48.7 Å². The topological polar surface area (TPSA) is 78.9 Å². The van der Waals surface area contributed by atoms with Crippen molar-refractivity contribution in [1.29, 1.82) is 0 Å². The molecule has 0 aromatic heterocycles. The van der Waals surface area contributed by atoms with Crippen LogP contribution in [0.25, 0.3) is 0 Å². The van der Waals surface area contributed by atoms with Crippen LogP contribution < -0.4 is 10.1 Å². The van der Waals surface area contributed by atoms with E-state index in [9.17, 15) is 19.1 Å². The molecule has 0 aliphatic carbocycles. The van der Waals surface area contributed by atoms with Gasteiger partial charge >= 0.3 is 0 Å². The Kier molecular flexibility index (Phi) is 6.42. The van der Waals surface area contributed by atoms with Crippen molar-refractivity contribution in [2.45, 2.75) is 12.6 Å². The van der Waals surface area contributed by atoms with E-state index in [0.717, 1.165) is 6.07 Å². The van der Waals surface area contributed by atoms with Gasteiger partial charge in [-0.1, -0.05) is 29.8 Å². The second kappa shape index (κ2) is 8.82. The van der Waals surface area contributed by atoms with Gasteiger partial charge in [0.2, 0.25) is 0 Å². The summed E-state index contributed by atoms with van der Waals surface area (Å²) in [7, 11) is 0. The van der Waals surface area contributed by atoms with Gasteiger partial charge in [-0.15, -0.1) is 0 Å². The van der Waals surface area contributed by atoms with Crippen molar-refractivity contribution >= 4 is 35.0 Å². The molecule has 0 saturated heterocycles. The number of amides is 2. The minimum atomic E-state index is -1.18. The lowest BCUT2D eigenvalue weighted by Gasteiger charge is -2.23. The molecule has 1 aliphatic heterocycles. The predicted octanol–water partition coefficient (Wildman–Crippen LogP) is 3.68. The molecule has 0 saturated carbocycles. The summed E-state index contributed by atoms with van der Waals surface area (Å²) in [6.45, 7) is 3.68. The van der Waals surface area contributed by atoms with Gasteiger partial charge in [0.05, 0.1) is 5.02 Å². The highest BCUT2D eigenvalue weighted by Crippen LogP contribution is 2.36. The number of aliphatic hydroxyl groups is 1. The average Bonchev–Trinajstić information content (AvgIpc) is 2.92. The number of aliphatic hydroxyl groups excluding tert-OH is 1. The lowest BCUT2D eigenvalue weighted by atomic mass is 10.1. The second-order valence-electron chi connectivity index (χ2n) is 6.31. The number of halogens is 3. The van der Waals surface area contributed by atoms with Crippen LogP contribution in [0.3, 0.4) is 0 Å². The van der Waals surface area contributed by atoms with E-state index in [2.05, 4.69) is 11.9 Å². The molecule has 3 rings (SSSR count). The Morgan fingerprint density at radius 3 is 2.76 bits per heavy atom. The van der Waals surface area contributed by atoms with Gasteiger partial charge in [0, 0.05) is 40.9 Å². The minimum Gasteiger partial charge on any atom is -0.484 e. The van der Waals surface area contributed by atoms with Crippen LogP contribution in [-0.2, 0) is 4.79 Å². The summed E-state index contributed by atoms with van der Waals surface area (Å²) in [5, 5.41) is 13.4. The highest BCUT2D eigenvalue weighted by molar-refractivity contribution is 6.31. The van der Waals surface area contributed by atoms with Crippen LogP contribution in [-0.4, -0.2) is 35.0 Å². The number of nitrogens with zero attached hydrogens (tertiary/aromatic N) is 1. The zero-order chi connectivity index (χ0) is 21.1. The molecule has 0 fully saturated rings. The first-order chi connectivity index (χ1) is 13.8. The molecule has 2 aromatic rings. The lowest BCUT2D eigenvalue weighted by molar-refractivity contribution is -0.123. The maximum atomic E-state index is 13.3. The Morgan fingerprint density at radius 1 is 1.28 bits per heavy atom. The number of hydrogen-bond acceptors (Lipinski definition) is 4. The number of rotatable bonds is 7. The fourth-order valence-corrected chi connectivity index (χ4v) is 3.17. The fraction of sp³-hybridized carbons (Fsp3) is 0.200. The molecular formula is C20H17Cl2FN2O4. The van der Waals surface area contributed by atoms with E-state index >= 15 is 0 Å². The van der Waals surface area contributed by atoms with Crippen LogP contribution in [0.4, 0.5) is 4.39 Å². The normalized spacial score (nSPS) is 15.2. The third-order valence-electron chi connectivity index (χ3n) is 4.32. The summed E-state index contributed by atoms with van der Waals surface area (Å²) in [5.74, 6) is -1.28. The van der Waals surface area contributed by atoms with Crippen LogP contribution in [0.2, 0.25) is 10.0 Å². The number of nitrogens with one attached hydrogen (secondary N) is 1. The summed E-state index contributed by atoms with van der Waals surface area (Å²) >= 11 is 11.5. The van der Waals surface area contributed by atoms with E-state index in [0.29, 0.717) is 21.8 Å². The van der Waals surface area contributed by atoms with E-state index in [1.807, 2.05) is 0 Å². The number of hydrogen-bond donors (Lipinski definition) is 2. The smallest absolute Gasteiger partial charge is 0.260 e. The van der Waals surface area contributed by atoms with Crippen molar-refractivity contribution in [1.82, 2.24) is 10.2 Å². The highest BCUT2D eigenvalue weighted by Gasteiger charge is 2.36. The number of carbonyl (C=O) groups excluding carboxylic acids is 2. The van der Waals surface area contributed by atoms with E-state index < -0.39 is 18.0 Å². The van der Waals surface area contributed by atoms with Crippen molar-refractivity contribution in [2.24, 2.45) is 0 Å². The van der Waals surface area contributed by atoms with Crippen LogP contribution >= 0.6 is 23.2 Å². The number of ether oxygens (including phenoxy) is 1. The third kappa shape index (κ3) is 4.70. The SMILES string of the molecule is C=C(CCNC(=O)COc1ccc(Cl)c(F)c1)N1C(=O)c2ccc(Cl)cc2[C@H]1O. The van der Waals surface area contributed by atoms with Gasteiger partial charge in [-0.2, -0.15) is 0 Å². The van der Waals surface area contributed by atoms with Crippen molar-refractivity contribution in [3.63, 3.8) is 0 Å². The Balaban J connectivity index is 1.48. The van der Waals surface area contributed by atoms with Crippen LogP contribution in [0, 0.1) is 5.82 Å². The molecular weight excluding hydrogens is 422 g/mol. The number of fused-ring (bicyclic) bond motifs is 1. The predicted molar refractivity (Wildman–Crippen MR) is 106 cm³/mol. The van der Waals surface area contributed by atoms with Crippen molar-refractivity contribution in [3.8, 4) is 5.75 Å². The molecule has 1 aliphatic rings. The maximum Gasteiger partial charge on any atom is 0.260 e. The molecule has 1 heterocycles. The largest absolute Gasteiger partial charge is 0.484 e. The molecule has 0 bridgehead atoms. The van der Waals surface area contributed by atoms with Crippen LogP contribution in [0.5, 0.6) is 5.75 Å². The maximum absolute atomic E-state index is 13.3. The van der Waals surface area contributed by atoms with Gasteiger partial charge in [0.15, 0.2) is 12.8 Å². The fourth-order valence-electron chi connectivity index (χ4n) is 2.87. The van der Waals surface area contributed by atoms with E-state index in [1.165, 1.54) is 23.1 Å². The Morgan fingerprint density at radius 2 is 2.03 bits per heavy atom. The van der Waals surface area contributed by atoms with E-state index in [-0.39, 0.29) is 36.3 Å². The summed E-state index contributed by atoms with van der Waals surface area (Å²) in [4.78, 5) is 25.5. The zero-order valence-electron chi connectivity index (χ0n) is 15.1. The quantitative estimate of drug-likeness (QED) is 0.690. The van der Waals surface area contributed by atoms with E-state index in [4.69, 9.17) is 27.9 Å². The molecule has 1 atom stereocenters. The molecule has 29 heavy (non-hydrogen) atoms. The van der Waals surface area contributed by atoms with E-state index in [1.54, 1.807) is 12.1 Å². The molecule has 152 valence electrons. The first kappa shape index (κ1) is 21.1. The minimum absolute atomic E-state index is 0.0385. The summed E-state index contributed by atoms with van der Waals surface area (Å²) in [5.41, 5.74) is 1.11. The molecule has 0 unspecified atom stereocenters. The molecule has 0 radical (unpaired) electrons. The Labute approximate surface area is 176 Å². The third-order valence-corrected chi connectivity index (χ3v) is 4.86. The molecule has 2 amide bonds. The zero-order valence-corrected chi connectivity index (χ0v) is 16.6. The monoisotopic (exact) mass is 438 g/mol. The lowest BCUT2D eigenvalue weighted by Crippen LogP contribution is -2.32. The molecule has 2 aromatic carbocycles. The van der Waals surface area contributed by atoms with Gasteiger partial charge in [0.1, 0.15) is 11.6 Å². The highest BCUT2D eigenvalue weighted by atomic mass is 35.5. The van der Waals surface area contributed by atoms with Gasteiger partial charge < -0.3 is 15.2 Å². The second-order valence-corrected chi connectivity index (χ2v) is 7.15. The number of carbonyl (C=O) groups is 2. The molecule has 2 N–H and O–H groups in total. The Bertz CT molecular complexity index is 983. The van der Waals surface area contributed by atoms with Gasteiger partial charge in [-0.05, 0) is 30.3 Å². The van der Waals surface area contributed by atoms with Gasteiger partial charge in [0.25, 0.3) is 11.8 Å². The summed E-state index contributed by atoms with van der Waals surface area (Å²) < 4.78 is 18.5. The van der Waals surface area contributed by atoms with Crippen molar-refractivity contribution < 1.29 is 23.8 Å². The average molecular weight is 439 g/mol. The summed E-state index contributed by atoms with van der Waals surface area (Å²) in [6.07, 6.45) is -0.950.